The first kappa shape index (κ1) is 40.5. The average molecular weight is 757 g/mol. The molecule has 3 saturated heterocycles. The number of benzene rings is 2. The van der Waals surface area contributed by atoms with Crippen molar-refractivity contribution in [2.45, 2.75) is 99.4 Å². The number of phenols is 4. The van der Waals surface area contributed by atoms with E-state index in [0.29, 0.717) is 5.56 Å². The van der Waals surface area contributed by atoms with Crippen LogP contribution in [0.25, 0.3) is 6.08 Å². The van der Waals surface area contributed by atoms with Crippen molar-refractivity contribution >= 4 is 12.0 Å². The van der Waals surface area contributed by atoms with Crippen molar-refractivity contribution in [1.29, 1.82) is 0 Å². The minimum absolute atomic E-state index is 0.116. The van der Waals surface area contributed by atoms with Crippen LogP contribution in [0.3, 0.4) is 0 Å². The van der Waals surface area contributed by atoms with Crippen LogP contribution in [0.5, 0.6) is 23.0 Å². The molecule has 294 valence electrons. The van der Waals surface area contributed by atoms with Gasteiger partial charge in [-0.2, -0.15) is 0 Å². The highest BCUT2D eigenvalue weighted by Gasteiger charge is 2.55. The van der Waals surface area contributed by atoms with E-state index in [-0.39, 0.29) is 30.1 Å². The van der Waals surface area contributed by atoms with E-state index in [2.05, 4.69) is 0 Å². The third kappa shape index (κ3) is 9.53. The first-order chi connectivity index (χ1) is 25.2. The van der Waals surface area contributed by atoms with Gasteiger partial charge >= 0.3 is 5.97 Å². The van der Waals surface area contributed by atoms with Crippen LogP contribution in [0.4, 0.5) is 0 Å². The first-order valence-electron chi connectivity index (χ1n) is 16.6. The summed E-state index contributed by atoms with van der Waals surface area (Å²) in [6, 6.07) is 7.81. The Labute approximate surface area is 302 Å². The minimum atomic E-state index is -1.88. The quantitative estimate of drug-likeness (QED) is 0.0603. The molecule has 0 unspecified atom stereocenters. The van der Waals surface area contributed by atoms with Crippen molar-refractivity contribution in [2.24, 2.45) is 0 Å². The fourth-order valence-electron chi connectivity index (χ4n) is 5.93. The van der Waals surface area contributed by atoms with Gasteiger partial charge in [0.15, 0.2) is 48.0 Å². The normalized spacial score (nSPS) is 36.4. The second kappa shape index (κ2) is 17.6. The molecule has 19 nitrogen and oxygen atoms in total. The molecule has 0 aromatic heterocycles. The summed E-state index contributed by atoms with van der Waals surface area (Å²) in [5, 5.41) is 112. The highest BCUT2D eigenvalue weighted by molar-refractivity contribution is 5.87. The summed E-state index contributed by atoms with van der Waals surface area (Å²) in [5.74, 6) is -2.64. The number of carbonyl (C=O) groups is 1. The molecular formula is C34H44O19. The van der Waals surface area contributed by atoms with Crippen LogP contribution >= 0.6 is 0 Å². The van der Waals surface area contributed by atoms with Gasteiger partial charge in [-0.3, -0.25) is 0 Å². The van der Waals surface area contributed by atoms with Gasteiger partial charge in [0.05, 0.1) is 25.9 Å². The zero-order chi connectivity index (χ0) is 38.6. The second-order valence-corrected chi connectivity index (χ2v) is 12.8. The number of hydrogen-bond donors (Lipinski definition) is 11. The molecule has 3 aliphatic rings. The fraction of sp³-hybridized carbons (Fsp3) is 0.559. The lowest BCUT2D eigenvalue weighted by molar-refractivity contribution is -0.385. The summed E-state index contributed by atoms with van der Waals surface area (Å²) in [5.41, 5.74) is 0.800. The number of ether oxygens (including phenoxy) is 7. The number of aromatic hydroxyl groups is 4. The van der Waals surface area contributed by atoms with E-state index in [9.17, 15) is 61.0 Å². The molecule has 11 N–H and O–H groups in total. The van der Waals surface area contributed by atoms with Gasteiger partial charge in [0, 0.05) is 6.08 Å². The van der Waals surface area contributed by atoms with Crippen molar-refractivity contribution < 1.29 is 94.1 Å². The Bertz CT molecular complexity index is 1560. The SMILES string of the molecule is C[C@@H]1O[C@@H](O[C@@H]2[C@@H](O[C@H]3OC[C@@H](O)[C@@H](O)[C@@H]3O)[C@H](OCCc3ccc(O)c(O)c3)O[C@H](CO)[C@H]2OC(=O)C=Cc2ccc(O)c(O)c2)[C@H](O)[C@H](O)[C@H]1O. The summed E-state index contributed by atoms with van der Waals surface area (Å²) in [6.07, 6.45) is -20.4. The van der Waals surface area contributed by atoms with Gasteiger partial charge < -0.3 is 89.3 Å². The molecule has 3 fully saturated rings. The van der Waals surface area contributed by atoms with Crippen LogP contribution in [-0.2, 0) is 44.4 Å². The number of rotatable bonds is 12. The highest BCUT2D eigenvalue weighted by atomic mass is 16.8. The first-order valence-corrected chi connectivity index (χ1v) is 16.6. The lowest BCUT2D eigenvalue weighted by Crippen LogP contribution is -2.67. The molecule has 53 heavy (non-hydrogen) atoms. The lowest BCUT2D eigenvalue weighted by atomic mass is 9.96. The Morgan fingerprint density at radius 2 is 1.42 bits per heavy atom. The van der Waals surface area contributed by atoms with Crippen LogP contribution in [0.1, 0.15) is 18.1 Å². The van der Waals surface area contributed by atoms with Crippen molar-refractivity contribution in [2.75, 3.05) is 19.8 Å². The number of phenolic OH excluding ortho intramolecular Hbond substituents is 4. The zero-order valence-corrected chi connectivity index (χ0v) is 28.2. The molecule has 0 aliphatic carbocycles. The van der Waals surface area contributed by atoms with Crippen molar-refractivity contribution in [3.63, 3.8) is 0 Å². The molecule has 5 rings (SSSR count). The Kier molecular flexibility index (Phi) is 13.5. The predicted molar refractivity (Wildman–Crippen MR) is 174 cm³/mol. The number of carbonyl (C=O) groups excluding carboxylic acids is 1. The monoisotopic (exact) mass is 756 g/mol. The van der Waals surface area contributed by atoms with Crippen molar-refractivity contribution in [3.8, 4) is 23.0 Å². The van der Waals surface area contributed by atoms with Crippen LogP contribution in [-0.4, -0.2) is 168 Å². The van der Waals surface area contributed by atoms with Crippen molar-refractivity contribution in [1.82, 2.24) is 0 Å². The standard InChI is InChI=1S/C34H44O19/c1-14-24(42)26(44)28(46)33(49-14)52-30-29(51-23(41)7-4-15-2-5-17(36)19(38)10-15)22(12-35)50-34(47-9-8-16-3-6-18(37)20(39)11-16)31(30)53-32-27(45)25(43)21(40)13-48-32/h2-7,10-11,14,21-22,24-40,42-46H,8-9,12-13H2,1H3/t14-,21+,22+,24-,25+,26+,27-,28+,29+,30-,31+,32+,33-,34+/m0/s1. The Morgan fingerprint density at radius 3 is 2.09 bits per heavy atom. The molecule has 0 radical (unpaired) electrons. The number of aliphatic hydroxyl groups is 7. The fourth-order valence-corrected chi connectivity index (χ4v) is 5.93. The number of aliphatic hydroxyl groups excluding tert-OH is 7. The van der Waals surface area contributed by atoms with Gasteiger partial charge in [-0.25, -0.2) is 4.79 Å². The third-order valence-corrected chi connectivity index (χ3v) is 8.99. The highest BCUT2D eigenvalue weighted by Crippen LogP contribution is 2.35. The van der Waals surface area contributed by atoms with E-state index in [1.807, 2.05) is 0 Å². The molecular weight excluding hydrogens is 712 g/mol. The number of hydrogen-bond acceptors (Lipinski definition) is 19. The van der Waals surface area contributed by atoms with E-state index in [0.717, 1.165) is 6.08 Å². The Hall–Kier alpha value is -3.67. The molecule has 19 heteroatoms. The van der Waals surface area contributed by atoms with Gasteiger partial charge in [-0.05, 0) is 54.8 Å². The second-order valence-electron chi connectivity index (χ2n) is 12.8. The summed E-state index contributed by atoms with van der Waals surface area (Å²) >= 11 is 0. The smallest absolute Gasteiger partial charge is 0.331 e. The van der Waals surface area contributed by atoms with Gasteiger partial charge in [-0.1, -0.05) is 12.1 Å². The van der Waals surface area contributed by atoms with E-state index in [1.54, 1.807) is 0 Å². The van der Waals surface area contributed by atoms with Crippen molar-refractivity contribution in [3.05, 3.63) is 53.6 Å². The van der Waals surface area contributed by atoms with Gasteiger partial charge in [-0.15, -0.1) is 0 Å². The maximum atomic E-state index is 13.2. The topological polar surface area (TPSA) is 304 Å². The van der Waals surface area contributed by atoms with Crippen LogP contribution in [0.2, 0.25) is 0 Å². The van der Waals surface area contributed by atoms with Crippen LogP contribution in [0.15, 0.2) is 42.5 Å². The molecule has 3 aliphatic heterocycles. The molecule has 2 aromatic rings. The maximum Gasteiger partial charge on any atom is 0.331 e. The molecule has 0 spiro atoms. The van der Waals surface area contributed by atoms with Crippen LogP contribution < -0.4 is 0 Å². The van der Waals surface area contributed by atoms with E-state index in [1.165, 1.54) is 49.4 Å². The van der Waals surface area contributed by atoms with E-state index >= 15 is 0 Å². The molecule has 0 saturated carbocycles. The van der Waals surface area contributed by atoms with Gasteiger partial charge in [0.1, 0.15) is 54.9 Å². The van der Waals surface area contributed by atoms with E-state index < -0.39 is 117 Å². The largest absolute Gasteiger partial charge is 0.504 e. The predicted octanol–water partition coefficient (Wildman–Crippen LogP) is -2.55. The maximum absolute atomic E-state index is 13.2. The Morgan fingerprint density at radius 1 is 0.755 bits per heavy atom. The Balaban J connectivity index is 1.48. The summed E-state index contributed by atoms with van der Waals surface area (Å²) in [7, 11) is 0. The minimum Gasteiger partial charge on any atom is -0.504 e. The molecule has 0 amide bonds. The number of esters is 1. The zero-order valence-electron chi connectivity index (χ0n) is 28.2. The van der Waals surface area contributed by atoms with Gasteiger partial charge in [0.2, 0.25) is 0 Å². The lowest BCUT2D eigenvalue weighted by Gasteiger charge is -2.49. The molecule has 14 atom stereocenters. The molecule has 2 aromatic carbocycles. The summed E-state index contributed by atoms with van der Waals surface area (Å²) < 4.78 is 40.9. The average Bonchev–Trinajstić information content (AvgIpc) is 3.13. The molecule has 3 heterocycles. The summed E-state index contributed by atoms with van der Waals surface area (Å²) in [4.78, 5) is 13.2. The molecule has 0 bridgehead atoms. The van der Waals surface area contributed by atoms with E-state index in [4.69, 9.17) is 33.2 Å². The third-order valence-electron chi connectivity index (χ3n) is 8.99. The summed E-state index contributed by atoms with van der Waals surface area (Å²) in [6.45, 7) is -0.101. The van der Waals surface area contributed by atoms with Crippen LogP contribution in [0, 0.1) is 0 Å². The van der Waals surface area contributed by atoms with Gasteiger partial charge in [0.25, 0.3) is 0 Å².